The quantitative estimate of drug-likeness (QED) is 0.604. The fourth-order valence-corrected chi connectivity index (χ4v) is 0.797. The lowest BCUT2D eigenvalue weighted by Gasteiger charge is -2.20. The highest BCUT2D eigenvalue weighted by Gasteiger charge is 2.28. The summed E-state index contributed by atoms with van der Waals surface area (Å²) in [5.41, 5.74) is -0.522. The molecule has 0 rings (SSSR count). The van der Waals surface area contributed by atoms with Gasteiger partial charge in [0.2, 0.25) is 0 Å². The minimum atomic E-state index is -0.522. The van der Waals surface area contributed by atoms with Gasteiger partial charge in [0.05, 0.1) is 18.1 Å². The average molecular weight is 169 g/mol. The first kappa shape index (κ1) is 11.0. The van der Waals surface area contributed by atoms with E-state index in [2.05, 4.69) is 0 Å². The van der Waals surface area contributed by atoms with E-state index in [0.717, 1.165) is 0 Å². The van der Waals surface area contributed by atoms with Gasteiger partial charge in [0.15, 0.2) is 0 Å². The van der Waals surface area contributed by atoms with Crippen LogP contribution in [0.25, 0.3) is 0 Å². The Balaban J connectivity index is 4.01. The zero-order valence-corrected chi connectivity index (χ0v) is 7.89. The van der Waals surface area contributed by atoms with Crippen LogP contribution in [-0.4, -0.2) is 12.6 Å². The minimum absolute atomic E-state index is 0.222. The molecule has 3 heteroatoms. The first-order chi connectivity index (χ1) is 5.54. The van der Waals surface area contributed by atoms with Crippen molar-refractivity contribution >= 4 is 5.97 Å². The van der Waals surface area contributed by atoms with Crippen LogP contribution >= 0.6 is 0 Å². The molecule has 0 aromatic carbocycles. The molecule has 0 radical (unpaired) electrons. The van der Waals surface area contributed by atoms with Crippen LogP contribution in [0.5, 0.6) is 0 Å². The van der Waals surface area contributed by atoms with Crippen molar-refractivity contribution in [3.63, 3.8) is 0 Å². The van der Waals surface area contributed by atoms with Crippen molar-refractivity contribution in [2.24, 2.45) is 5.41 Å². The molecule has 3 nitrogen and oxygen atoms in total. The molecule has 0 unspecified atom stereocenters. The van der Waals surface area contributed by atoms with Gasteiger partial charge in [-0.1, -0.05) is 0 Å². The fraction of sp³-hybridized carbons (Fsp3) is 0.778. The van der Waals surface area contributed by atoms with Gasteiger partial charge in [0.25, 0.3) is 0 Å². The van der Waals surface area contributed by atoms with Crippen LogP contribution in [0.2, 0.25) is 0 Å². The average Bonchev–Trinajstić information content (AvgIpc) is 2.01. The molecule has 0 N–H and O–H groups in total. The third-order valence-corrected chi connectivity index (χ3v) is 1.69. The monoisotopic (exact) mass is 169 g/mol. The second-order valence-corrected chi connectivity index (χ2v) is 3.26. The van der Waals surface area contributed by atoms with E-state index in [1.54, 1.807) is 20.8 Å². The Hall–Kier alpha value is -1.04. The molecule has 0 fully saturated rings. The SMILES string of the molecule is CCOC(=O)C(C)(C)CCC#N. The largest absolute Gasteiger partial charge is 0.466 e. The summed E-state index contributed by atoms with van der Waals surface area (Å²) in [7, 11) is 0. The standard InChI is InChI=1S/C9H15NO2/c1-4-12-8(11)9(2,3)6-5-7-10/h4-6H2,1-3H3. The number of hydrogen-bond acceptors (Lipinski definition) is 3. The zero-order valence-electron chi connectivity index (χ0n) is 7.89. The highest BCUT2D eigenvalue weighted by molar-refractivity contribution is 5.75. The highest BCUT2D eigenvalue weighted by Crippen LogP contribution is 2.23. The van der Waals surface area contributed by atoms with Crippen molar-refractivity contribution in [1.29, 1.82) is 5.26 Å². The van der Waals surface area contributed by atoms with Gasteiger partial charge in [-0.15, -0.1) is 0 Å². The van der Waals surface area contributed by atoms with E-state index >= 15 is 0 Å². The van der Waals surface area contributed by atoms with Crippen molar-refractivity contribution in [1.82, 2.24) is 0 Å². The Morgan fingerprint density at radius 2 is 2.17 bits per heavy atom. The summed E-state index contributed by atoms with van der Waals surface area (Å²) in [6, 6.07) is 2.01. The van der Waals surface area contributed by atoms with Crippen LogP contribution in [0.1, 0.15) is 33.6 Å². The van der Waals surface area contributed by atoms with Gasteiger partial charge in [-0.3, -0.25) is 4.79 Å². The number of nitriles is 1. The normalized spacial score (nSPS) is 10.5. The van der Waals surface area contributed by atoms with Crippen molar-refractivity contribution in [2.45, 2.75) is 33.6 Å². The molecule has 0 spiro atoms. The number of nitrogens with zero attached hydrogens (tertiary/aromatic N) is 1. The molecule has 0 aliphatic carbocycles. The van der Waals surface area contributed by atoms with Crippen LogP contribution in [0.4, 0.5) is 0 Å². The van der Waals surface area contributed by atoms with Gasteiger partial charge in [0, 0.05) is 6.42 Å². The fourth-order valence-electron chi connectivity index (χ4n) is 0.797. The minimum Gasteiger partial charge on any atom is -0.466 e. The second kappa shape index (κ2) is 4.76. The van der Waals surface area contributed by atoms with E-state index in [0.29, 0.717) is 19.4 Å². The van der Waals surface area contributed by atoms with Gasteiger partial charge in [-0.25, -0.2) is 0 Å². The third kappa shape index (κ3) is 3.38. The number of carbonyl (C=O) groups excluding carboxylic acids is 1. The van der Waals surface area contributed by atoms with Crippen LogP contribution in [0, 0.1) is 16.7 Å². The topological polar surface area (TPSA) is 50.1 Å². The maximum absolute atomic E-state index is 11.2. The first-order valence-corrected chi connectivity index (χ1v) is 4.08. The van der Waals surface area contributed by atoms with Gasteiger partial charge >= 0.3 is 5.97 Å². The Labute approximate surface area is 73.3 Å². The number of hydrogen-bond donors (Lipinski definition) is 0. The number of rotatable bonds is 4. The summed E-state index contributed by atoms with van der Waals surface area (Å²) in [5, 5.41) is 8.34. The molecule has 0 saturated carbocycles. The molecule has 0 aliphatic rings. The van der Waals surface area contributed by atoms with E-state index in [4.69, 9.17) is 10.00 Å². The van der Waals surface area contributed by atoms with E-state index < -0.39 is 5.41 Å². The summed E-state index contributed by atoms with van der Waals surface area (Å²) in [5.74, 6) is -0.222. The summed E-state index contributed by atoms with van der Waals surface area (Å²) in [4.78, 5) is 11.2. The Kier molecular flexibility index (Phi) is 4.35. The third-order valence-electron chi connectivity index (χ3n) is 1.69. The molecular weight excluding hydrogens is 154 g/mol. The van der Waals surface area contributed by atoms with Crippen LogP contribution < -0.4 is 0 Å². The van der Waals surface area contributed by atoms with Crippen molar-refractivity contribution in [2.75, 3.05) is 6.61 Å². The van der Waals surface area contributed by atoms with Crippen molar-refractivity contribution in [3.05, 3.63) is 0 Å². The first-order valence-electron chi connectivity index (χ1n) is 4.08. The van der Waals surface area contributed by atoms with Crippen LogP contribution in [-0.2, 0) is 9.53 Å². The molecule has 0 amide bonds. The lowest BCUT2D eigenvalue weighted by molar-refractivity contribution is -0.153. The molecule has 68 valence electrons. The molecule has 0 aromatic heterocycles. The van der Waals surface area contributed by atoms with Crippen molar-refractivity contribution < 1.29 is 9.53 Å². The van der Waals surface area contributed by atoms with Gasteiger partial charge in [-0.2, -0.15) is 5.26 Å². The molecule has 0 heterocycles. The Bertz CT molecular complexity index is 191. The van der Waals surface area contributed by atoms with E-state index in [-0.39, 0.29) is 5.97 Å². The number of carbonyl (C=O) groups is 1. The van der Waals surface area contributed by atoms with Gasteiger partial charge < -0.3 is 4.74 Å². The summed E-state index contributed by atoms with van der Waals surface area (Å²) in [6.07, 6.45) is 0.953. The number of ether oxygens (including phenoxy) is 1. The molecule has 0 saturated heterocycles. The predicted molar refractivity (Wildman–Crippen MR) is 45.3 cm³/mol. The molecule has 0 aromatic rings. The molecule has 0 aliphatic heterocycles. The predicted octanol–water partition coefficient (Wildman–Crippen LogP) is 1.88. The number of esters is 1. The maximum Gasteiger partial charge on any atom is 0.311 e. The van der Waals surface area contributed by atoms with Crippen molar-refractivity contribution in [3.8, 4) is 6.07 Å². The highest BCUT2D eigenvalue weighted by atomic mass is 16.5. The molecule has 12 heavy (non-hydrogen) atoms. The van der Waals surface area contributed by atoms with Gasteiger partial charge in [-0.05, 0) is 27.2 Å². The van der Waals surface area contributed by atoms with E-state index in [1.165, 1.54) is 0 Å². The zero-order chi connectivity index (χ0) is 9.61. The Morgan fingerprint density at radius 3 is 2.58 bits per heavy atom. The summed E-state index contributed by atoms with van der Waals surface area (Å²) in [6.45, 7) is 5.76. The maximum atomic E-state index is 11.2. The second-order valence-electron chi connectivity index (χ2n) is 3.26. The molecular formula is C9H15NO2. The van der Waals surface area contributed by atoms with E-state index in [1.807, 2.05) is 6.07 Å². The smallest absolute Gasteiger partial charge is 0.311 e. The van der Waals surface area contributed by atoms with Gasteiger partial charge in [0.1, 0.15) is 0 Å². The molecule has 0 bridgehead atoms. The van der Waals surface area contributed by atoms with Crippen LogP contribution in [0.3, 0.4) is 0 Å². The molecule has 0 atom stereocenters. The Morgan fingerprint density at radius 1 is 1.58 bits per heavy atom. The van der Waals surface area contributed by atoms with E-state index in [9.17, 15) is 4.79 Å². The lowest BCUT2D eigenvalue weighted by atomic mass is 9.88. The summed E-state index contributed by atoms with van der Waals surface area (Å²) >= 11 is 0. The summed E-state index contributed by atoms with van der Waals surface area (Å²) < 4.78 is 4.86. The van der Waals surface area contributed by atoms with Crippen LogP contribution in [0.15, 0.2) is 0 Å². The lowest BCUT2D eigenvalue weighted by Crippen LogP contribution is -2.26.